The summed E-state index contributed by atoms with van der Waals surface area (Å²) in [6, 6.07) is 16.8. The minimum Gasteiger partial charge on any atom is -0.482 e. The predicted molar refractivity (Wildman–Crippen MR) is 110 cm³/mol. The van der Waals surface area contributed by atoms with Crippen LogP contribution >= 0.6 is 0 Å². The number of aromatic nitrogens is 1. The number of rotatable bonds is 5. The SMILES string of the molecule is Cc1ccc2c(c1)N(Cc1ccc(C(=O)NCc3ccncc3)cc1)C(=O)CO2. The Balaban J connectivity index is 1.44. The molecule has 1 aliphatic heterocycles. The number of anilines is 1. The van der Waals surface area contributed by atoms with Crippen molar-refractivity contribution in [3.63, 3.8) is 0 Å². The number of carbonyl (C=O) groups is 2. The van der Waals surface area contributed by atoms with E-state index in [9.17, 15) is 9.59 Å². The summed E-state index contributed by atoms with van der Waals surface area (Å²) in [5.74, 6) is 0.487. The van der Waals surface area contributed by atoms with Gasteiger partial charge in [0.2, 0.25) is 0 Å². The molecule has 1 aliphatic rings. The molecule has 29 heavy (non-hydrogen) atoms. The number of aryl methyl sites for hydroxylation is 1. The van der Waals surface area contributed by atoms with Gasteiger partial charge >= 0.3 is 0 Å². The van der Waals surface area contributed by atoms with E-state index in [4.69, 9.17) is 4.74 Å². The first-order chi connectivity index (χ1) is 14.1. The van der Waals surface area contributed by atoms with Crippen molar-refractivity contribution in [3.8, 4) is 5.75 Å². The summed E-state index contributed by atoms with van der Waals surface area (Å²) in [6.45, 7) is 2.89. The van der Waals surface area contributed by atoms with Crippen molar-refractivity contribution in [2.24, 2.45) is 0 Å². The molecule has 0 bridgehead atoms. The minimum absolute atomic E-state index is 0.0333. The molecule has 4 rings (SSSR count). The highest BCUT2D eigenvalue weighted by Crippen LogP contribution is 2.33. The lowest BCUT2D eigenvalue weighted by Gasteiger charge is -2.29. The van der Waals surface area contributed by atoms with Crippen LogP contribution in [0.2, 0.25) is 0 Å². The van der Waals surface area contributed by atoms with E-state index in [-0.39, 0.29) is 18.4 Å². The van der Waals surface area contributed by atoms with E-state index >= 15 is 0 Å². The molecule has 0 atom stereocenters. The lowest BCUT2D eigenvalue weighted by molar-refractivity contribution is -0.121. The van der Waals surface area contributed by atoms with Gasteiger partial charge in [0, 0.05) is 24.5 Å². The Hall–Kier alpha value is -3.67. The minimum atomic E-state index is -0.142. The first kappa shape index (κ1) is 18.7. The largest absolute Gasteiger partial charge is 0.482 e. The fraction of sp³-hybridized carbons (Fsp3) is 0.174. The number of hydrogen-bond acceptors (Lipinski definition) is 4. The van der Waals surface area contributed by atoms with Crippen LogP contribution in [0.1, 0.15) is 27.0 Å². The normalized spacial score (nSPS) is 12.9. The molecule has 2 aromatic carbocycles. The maximum Gasteiger partial charge on any atom is 0.265 e. The second kappa shape index (κ2) is 8.14. The summed E-state index contributed by atoms with van der Waals surface area (Å²) in [5, 5.41) is 2.89. The third-order valence-electron chi connectivity index (χ3n) is 4.82. The molecule has 0 saturated carbocycles. The zero-order valence-electron chi connectivity index (χ0n) is 16.1. The van der Waals surface area contributed by atoms with Crippen LogP contribution < -0.4 is 15.0 Å². The molecule has 2 heterocycles. The molecule has 146 valence electrons. The van der Waals surface area contributed by atoms with Crippen LogP contribution in [0.15, 0.2) is 67.0 Å². The molecule has 0 saturated heterocycles. The molecule has 0 fully saturated rings. The van der Waals surface area contributed by atoms with Gasteiger partial charge in [-0.2, -0.15) is 0 Å². The topological polar surface area (TPSA) is 71.5 Å². The third-order valence-corrected chi connectivity index (χ3v) is 4.82. The number of fused-ring (bicyclic) bond motifs is 1. The first-order valence-corrected chi connectivity index (χ1v) is 9.40. The zero-order chi connectivity index (χ0) is 20.2. The number of nitrogens with zero attached hydrogens (tertiary/aromatic N) is 2. The summed E-state index contributed by atoms with van der Waals surface area (Å²) in [7, 11) is 0. The summed E-state index contributed by atoms with van der Waals surface area (Å²) in [4.78, 5) is 30.5. The van der Waals surface area contributed by atoms with Crippen LogP contribution in [0.5, 0.6) is 5.75 Å². The monoisotopic (exact) mass is 387 g/mol. The average molecular weight is 387 g/mol. The lowest BCUT2D eigenvalue weighted by atomic mass is 10.1. The van der Waals surface area contributed by atoms with Gasteiger partial charge in [0.15, 0.2) is 6.61 Å². The van der Waals surface area contributed by atoms with E-state index < -0.39 is 0 Å². The molecule has 1 N–H and O–H groups in total. The van der Waals surface area contributed by atoms with Gasteiger partial charge in [-0.3, -0.25) is 14.6 Å². The van der Waals surface area contributed by atoms with Crippen molar-refractivity contribution in [2.75, 3.05) is 11.5 Å². The Bertz CT molecular complexity index is 1030. The first-order valence-electron chi connectivity index (χ1n) is 9.40. The van der Waals surface area contributed by atoms with Crippen molar-refractivity contribution in [3.05, 3.63) is 89.2 Å². The van der Waals surface area contributed by atoms with Crippen molar-refractivity contribution in [1.29, 1.82) is 0 Å². The highest BCUT2D eigenvalue weighted by Gasteiger charge is 2.25. The molecule has 0 unspecified atom stereocenters. The Kier molecular flexibility index (Phi) is 5.24. The summed E-state index contributed by atoms with van der Waals surface area (Å²) >= 11 is 0. The van der Waals surface area contributed by atoms with Gasteiger partial charge in [-0.15, -0.1) is 0 Å². The smallest absolute Gasteiger partial charge is 0.265 e. The molecular weight excluding hydrogens is 366 g/mol. The second-order valence-corrected chi connectivity index (χ2v) is 6.97. The summed E-state index contributed by atoms with van der Waals surface area (Å²) < 4.78 is 5.52. The number of carbonyl (C=O) groups excluding carboxylic acids is 2. The van der Waals surface area contributed by atoms with Gasteiger partial charge in [-0.05, 0) is 60.0 Å². The van der Waals surface area contributed by atoms with Crippen LogP contribution in [0.4, 0.5) is 5.69 Å². The molecule has 1 aromatic heterocycles. The van der Waals surface area contributed by atoms with Crippen LogP contribution in [0.25, 0.3) is 0 Å². The lowest BCUT2D eigenvalue weighted by Crippen LogP contribution is -2.38. The fourth-order valence-electron chi connectivity index (χ4n) is 3.21. The maximum absolute atomic E-state index is 12.4. The number of hydrogen-bond donors (Lipinski definition) is 1. The average Bonchev–Trinajstić information content (AvgIpc) is 2.75. The highest BCUT2D eigenvalue weighted by atomic mass is 16.5. The van der Waals surface area contributed by atoms with Gasteiger partial charge in [0.05, 0.1) is 12.2 Å². The number of benzene rings is 2. The zero-order valence-corrected chi connectivity index (χ0v) is 16.1. The van der Waals surface area contributed by atoms with Gasteiger partial charge < -0.3 is 15.0 Å². The summed E-state index contributed by atoms with van der Waals surface area (Å²) in [6.07, 6.45) is 3.39. The molecule has 0 spiro atoms. The van der Waals surface area contributed by atoms with Crippen LogP contribution in [0.3, 0.4) is 0 Å². The number of pyridine rings is 1. The predicted octanol–water partition coefficient (Wildman–Crippen LogP) is 3.25. The van der Waals surface area contributed by atoms with Crippen molar-refractivity contribution < 1.29 is 14.3 Å². The summed E-state index contributed by atoms with van der Waals surface area (Å²) in [5.41, 5.74) is 4.35. The van der Waals surface area contributed by atoms with Crippen molar-refractivity contribution in [1.82, 2.24) is 10.3 Å². The standard InChI is InChI=1S/C23H21N3O3/c1-16-2-7-21-20(12-16)26(22(27)15-29-21)14-18-3-5-19(6-4-18)23(28)25-13-17-8-10-24-11-9-17/h2-12H,13-15H2,1H3,(H,25,28). The van der Waals surface area contributed by atoms with Crippen molar-refractivity contribution in [2.45, 2.75) is 20.0 Å². The van der Waals surface area contributed by atoms with E-state index in [1.165, 1.54) is 0 Å². The molecule has 6 heteroatoms. The highest BCUT2D eigenvalue weighted by molar-refractivity contribution is 5.98. The van der Waals surface area contributed by atoms with Crippen LogP contribution in [-0.2, 0) is 17.9 Å². The van der Waals surface area contributed by atoms with Gasteiger partial charge in [-0.1, -0.05) is 18.2 Å². The molecule has 0 aliphatic carbocycles. The molecule has 2 amide bonds. The molecule has 3 aromatic rings. The fourth-order valence-corrected chi connectivity index (χ4v) is 3.21. The van der Waals surface area contributed by atoms with E-state index in [2.05, 4.69) is 10.3 Å². The number of nitrogens with one attached hydrogen (secondary N) is 1. The van der Waals surface area contributed by atoms with E-state index in [0.29, 0.717) is 24.4 Å². The van der Waals surface area contributed by atoms with Crippen LogP contribution in [0, 0.1) is 6.92 Å². The van der Waals surface area contributed by atoms with Gasteiger partial charge in [0.25, 0.3) is 11.8 Å². The molecule has 6 nitrogen and oxygen atoms in total. The Labute approximate surface area is 169 Å². The Morgan fingerprint density at radius 3 is 2.59 bits per heavy atom. The van der Waals surface area contributed by atoms with Gasteiger partial charge in [-0.25, -0.2) is 0 Å². The third kappa shape index (κ3) is 4.27. The maximum atomic E-state index is 12.4. The number of amides is 2. The van der Waals surface area contributed by atoms with Crippen LogP contribution in [-0.4, -0.2) is 23.4 Å². The molecule has 0 radical (unpaired) electrons. The van der Waals surface area contributed by atoms with E-state index in [1.54, 1.807) is 29.4 Å². The quantitative estimate of drug-likeness (QED) is 0.730. The van der Waals surface area contributed by atoms with E-state index in [1.807, 2.05) is 49.4 Å². The van der Waals surface area contributed by atoms with Gasteiger partial charge in [0.1, 0.15) is 5.75 Å². The second-order valence-electron chi connectivity index (χ2n) is 6.97. The number of ether oxygens (including phenoxy) is 1. The Morgan fingerprint density at radius 2 is 1.83 bits per heavy atom. The van der Waals surface area contributed by atoms with E-state index in [0.717, 1.165) is 22.4 Å². The Morgan fingerprint density at radius 1 is 1.07 bits per heavy atom. The molecular formula is C23H21N3O3. The van der Waals surface area contributed by atoms with Crippen molar-refractivity contribution >= 4 is 17.5 Å².